The van der Waals surface area contributed by atoms with E-state index in [0.29, 0.717) is 29.4 Å². The van der Waals surface area contributed by atoms with Crippen molar-refractivity contribution in [2.24, 2.45) is 5.92 Å². The van der Waals surface area contributed by atoms with E-state index in [2.05, 4.69) is 23.9 Å². The number of aromatic nitrogens is 3. The van der Waals surface area contributed by atoms with Crippen LogP contribution in [0.5, 0.6) is 0 Å². The molecule has 35 heavy (non-hydrogen) atoms. The van der Waals surface area contributed by atoms with Gasteiger partial charge in [0, 0.05) is 30.4 Å². The van der Waals surface area contributed by atoms with Crippen molar-refractivity contribution >= 4 is 15.7 Å². The minimum Gasteiger partial charge on any atom is -0.293 e. The van der Waals surface area contributed by atoms with Crippen LogP contribution in [0.4, 0.5) is 5.69 Å². The number of H-pyrrole nitrogens is 1. The summed E-state index contributed by atoms with van der Waals surface area (Å²) in [5.74, 6) is 0.704. The molecule has 0 spiro atoms. The van der Waals surface area contributed by atoms with E-state index < -0.39 is 10.0 Å². The lowest BCUT2D eigenvalue weighted by atomic mass is 10.0. The number of hydrogen-bond donors (Lipinski definition) is 1. The normalized spacial score (nSPS) is 11.7. The van der Waals surface area contributed by atoms with Crippen molar-refractivity contribution in [2.45, 2.75) is 38.5 Å². The Bertz CT molecular complexity index is 1430. The Balaban J connectivity index is 1.69. The molecule has 0 unspecified atom stereocenters. The molecule has 2 aromatic heterocycles. The first kappa shape index (κ1) is 24.5. The molecule has 0 bridgehead atoms. The van der Waals surface area contributed by atoms with Crippen LogP contribution in [-0.2, 0) is 22.9 Å². The third-order valence-electron chi connectivity index (χ3n) is 5.78. The lowest BCUT2D eigenvalue weighted by molar-refractivity contribution is 0.591. The van der Waals surface area contributed by atoms with Gasteiger partial charge in [-0.3, -0.25) is 14.2 Å². The SMILES string of the molecule is CCN(c1ccccc1)S(=O)(=O)c1ccc(-n2[nH]c(CC(C)C)c(Cc3ccccc3)c2=O)nc1. The predicted molar refractivity (Wildman–Crippen MR) is 139 cm³/mol. The Hall–Kier alpha value is -3.65. The fraction of sp³-hybridized carbons (Fsp3) is 0.259. The van der Waals surface area contributed by atoms with Crippen LogP contribution in [0, 0.1) is 5.92 Å². The number of aromatic amines is 1. The number of nitrogens with one attached hydrogen (secondary N) is 1. The molecule has 0 radical (unpaired) electrons. The van der Waals surface area contributed by atoms with E-state index in [1.54, 1.807) is 37.3 Å². The molecule has 0 saturated carbocycles. The second-order valence-electron chi connectivity index (χ2n) is 8.83. The molecular weight excluding hydrogens is 460 g/mol. The number of para-hydroxylation sites is 1. The van der Waals surface area contributed by atoms with Crippen molar-refractivity contribution in [3.63, 3.8) is 0 Å². The van der Waals surface area contributed by atoms with E-state index in [0.717, 1.165) is 17.7 Å². The van der Waals surface area contributed by atoms with Crippen LogP contribution in [-0.4, -0.2) is 29.7 Å². The molecule has 2 heterocycles. The molecule has 7 nitrogen and oxygen atoms in total. The van der Waals surface area contributed by atoms with E-state index >= 15 is 0 Å². The number of rotatable bonds is 9. The molecule has 0 saturated heterocycles. The maximum Gasteiger partial charge on any atom is 0.276 e. The van der Waals surface area contributed by atoms with Gasteiger partial charge in [-0.15, -0.1) is 0 Å². The Morgan fingerprint density at radius 3 is 2.20 bits per heavy atom. The summed E-state index contributed by atoms with van der Waals surface area (Å²) in [6, 6.07) is 21.9. The zero-order chi connectivity index (χ0) is 25.0. The highest BCUT2D eigenvalue weighted by Gasteiger charge is 2.24. The van der Waals surface area contributed by atoms with E-state index in [4.69, 9.17) is 0 Å². The van der Waals surface area contributed by atoms with E-state index in [-0.39, 0.29) is 17.0 Å². The number of benzene rings is 2. The van der Waals surface area contributed by atoms with Crippen LogP contribution in [0.1, 0.15) is 37.6 Å². The summed E-state index contributed by atoms with van der Waals surface area (Å²) in [5.41, 5.74) is 3.03. The number of pyridine rings is 1. The first-order valence-corrected chi connectivity index (χ1v) is 13.2. The molecule has 1 N–H and O–H groups in total. The quantitative estimate of drug-likeness (QED) is 0.372. The lowest BCUT2D eigenvalue weighted by Crippen LogP contribution is -2.30. The number of hydrogen-bond acceptors (Lipinski definition) is 4. The molecule has 0 aliphatic carbocycles. The van der Waals surface area contributed by atoms with Gasteiger partial charge in [-0.25, -0.2) is 18.1 Å². The fourth-order valence-corrected chi connectivity index (χ4v) is 5.53. The van der Waals surface area contributed by atoms with Gasteiger partial charge < -0.3 is 0 Å². The first-order valence-electron chi connectivity index (χ1n) is 11.7. The van der Waals surface area contributed by atoms with Gasteiger partial charge in [0.1, 0.15) is 4.90 Å². The summed E-state index contributed by atoms with van der Waals surface area (Å²) in [7, 11) is -3.80. The zero-order valence-corrected chi connectivity index (χ0v) is 21.0. The van der Waals surface area contributed by atoms with E-state index in [1.165, 1.54) is 21.3 Å². The van der Waals surface area contributed by atoms with Crippen LogP contribution in [0.2, 0.25) is 0 Å². The van der Waals surface area contributed by atoms with Gasteiger partial charge in [-0.2, -0.15) is 0 Å². The highest BCUT2D eigenvalue weighted by Crippen LogP contribution is 2.23. The number of sulfonamides is 1. The van der Waals surface area contributed by atoms with Gasteiger partial charge in [-0.1, -0.05) is 62.4 Å². The van der Waals surface area contributed by atoms with Gasteiger partial charge >= 0.3 is 0 Å². The van der Waals surface area contributed by atoms with Crippen LogP contribution in [0.3, 0.4) is 0 Å². The van der Waals surface area contributed by atoms with Crippen LogP contribution < -0.4 is 9.86 Å². The molecule has 4 aromatic rings. The average molecular weight is 491 g/mol. The second-order valence-corrected chi connectivity index (χ2v) is 10.7. The monoisotopic (exact) mass is 490 g/mol. The van der Waals surface area contributed by atoms with E-state index in [9.17, 15) is 13.2 Å². The average Bonchev–Trinajstić information content (AvgIpc) is 3.15. The summed E-state index contributed by atoms with van der Waals surface area (Å²) >= 11 is 0. The summed E-state index contributed by atoms with van der Waals surface area (Å²) in [6.07, 6.45) is 2.54. The topological polar surface area (TPSA) is 88.1 Å². The minimum atomic E-state index is -3.80. The predicted octanol–water partition coefficient (Wildman–Crippen LogP) is 4.57. The molecule has 0 atom stereocenters. The van der Waals surface area contributed by atoms with Gasteiger partial charge in [0.15, 0.2) is 5.82 Å². The Kier molecular flexibility index (Phi) is 7.21. The van der Waals surface area contributed by atoms with Crippen molar-refractivity contribution in [1.82, 2.24) is 14.8 Å². The molecule has 0 aliphatic rings. The number of nitrogens with zero attached hydrogens (tertiary/aromatic N) is 3. The van der Waals surface area contributed by atoms with Crippen LogP contribution >= 0.6 is 0 Å². The Morgan fingerprint density at radius 2 is 1.63 bits per heavy atom. The Morgan fingerprint density at radius 1 is 0.971 bits per heavy atom. The largest absolute Gasteiger partial charge is 0.293 e. The maximum absolute atomic E-state index is 13.4. The van der Waals surface area contributed by atoms with Gasteiger partial charge in [0.25, 0.3) is 15.6 Å². The van der Waals surface area contributed by atoms with Gasteiger partial charge in [0.05, 0.1) is 5.69 Å². The van der Waals surface area contributed by atoms with Crippen molar-refractivity contribution in [3.05, 3.63) is 106 Å². The maximum atomic E-state index is 13.4. The molecule has 0 fully saturated rings. The summed E-state index contributed by atoms with van der Waals surface area (Å²) < 4.78 is 29.3. The third-order valence-corrected chi connectivity index (χ3v) is 7.66. The molecule has 4 rings (SSSR count). The molecule has 8 heteroatoms. The first-order chi connectivity index (χ1) is 16.8. The van der Waals surface area contributed by atoms with Crippen LogP contribution in [0.15, 0.2) is 88.7 Å². The zero-order valence-electron chi connectivity index (χ0n) is 20.2. The van der Waals surface area contributed by atoms with Gasteiger partial charge in [0.2, 0.25) is 0 Å². The second kappa shape index (κ2) is 10.3. The summed E-state index contributed by atoms with van der Waals surface area (Å²) in [5, 5.41) is 3.22. The molecule has 0 aliphatic heterocycles. The van der Waals surface area contributed by atoms with Crippen molar-refractivity contribution in [1.29, 1.82) is 0 Å². The minimum absolute atomic E-state index is 0.0680. The van der Waals surface area contributed by atoms with Gasteiger partial charge in [-0.05, 0) is 49.1 Å². The standard InChI is InChI=1S/C27H30N4O3S/c1-4-30(22-13-9-6-10-14-22)35(33,34)23-15-16-26(28-19-23)31-27(32)24(25(29-31)17-20(2)3)18-21-11-7-5-8-12-21/h5-16,19-20,29H,4,17-18H2,1-3H3. The molecule has 182 valence electrons. The Labute approximate surface area is 206 Å². The highest BCUT2D eigenvalue weighted by molar-refractivity contribution is 7.92. The van der Waals surface area contributed by atoms with Crippen molar-refractivity contribution in [3.8, 4) is 5.82 Å². The fourth-order valence-electron chi connectivity index (χ4n) is 4.11. The molecule has 2 aromatic carbocycles. The van der Waals surface area contributed by atoms with E-state index in [1.807, 2.05) is 36.4 Å². The summed E-state index contributed by atoms with van der Waals surface area (Å²) in [6.45, 7) is 6.28. The smallest absolute Gasteiger partial charge is 0.276 e. The van der Waals surface area contributed by atoms with Crippen LogP contribution in [0.25, 0.3) is 5.82 Å². The third kappa shape index (κ3) is 5.22. The van der Waals surface area contributed by atoms with Crippen molar-refractivity contribution in [2.75, 3.05) is 10.8 Å². The highest BCUT2D eigenvalue weighted by atomic mass is 32.2. The molecule has 0 amide bonds. The lowest BCUT2D eigenvalue weighted by Gasteiger charge is -2.22. The summed E-state index contributed by atoms with van der Waals surface area (Å²) in [4.78, 5) is 17.8. The van der Waals surface area contributed by atoms with Crippen molar-refractivity contribution < 1.29 is 8.42 Å². The number of anilines is 1. The molecular formula is C27H30N4O3S.